The molecule has 104 valence electrons. The Bertz CT molecular complexity index is 576. The van der Waals surface area contributed by atoms with Crippen LogP contribution in [0.5, 0.6) is 0 Å². The average molecular weight is 441 g/mol. The van der Waals surface area contributed by atoms with E-state index >= 15 is 0 Å². The molecule has 0 radical (unpaired) electrons. The first-order valence-corrected chi connectivity index (χ1v) is 9.20. The molecule has 0 N–H and O–H groups in total. The molecule has 0 bridgehead atoms. The van der Waals surface area contributed by atoms with Crippen LogP contribution in [0.15, 0.2) is 48.5 Å². The molecule has 2 aromatic carbocycles. The summed E-state index contributed by atoms with van der Waals surface area (Å²) in [5, 5.41) is 0. The van der Waals surface area contributed by atoms with E-state index in [4.69, 9.17) is 0 Å². The third-order valence-corrected chi connectivity index (χ3v) is 6.16. The van der Waals surface area contributed by atoms with Crippen LogP contribution in [0.3, 0.4) is 0 Å². The molecule has 1 aliphatic rings. The molecular formula is C18H18BrI. The van der Waals surface area contributed by atoms with Crippen LogP contribution in [0.25, 0.3) is 0 Å². The van der Waals surface area contributed by atoms with Crippen LogP contribution in [-0.4, -0.2) is 0 Å². The SMILES string of the molecule is BrC1c2ccccc2CCCC1Cc1ccc(I)cc1. The zero-order valence-corrected chi connectivity index (χ0v) is 15.1. The standard InChI is InChI=1S/C18H18BrI/c19-18-15(12-13-8-10-16(20)11-9-13)6-3-5-14-4-1-2-7-17(14)18/h1-2,4,7-11,15,18H,3,5-6,12H2. The molecule has 0 saturated carbocycles. The van der Waals surface area contributed by atoms with Crippen LogP contribution in [0.4, 0.5) is 0 Å². The van der Waals surface area contributed by atoms with Crippen molar-refractivity contribution in [3.05, 3.63) is 68.8 Å². The zero-order chi connectivity index (χ0) is 13.9. The number of fused-ring (bicyclic) bond motifs is 1. The van der Waals surface area contributed by atoms with Crippen molar-refractivity contribution in [2.75, 3.05) is 0 Å². The number of aryl methyl sites for hydroxylation is 1. The molecule has 2 unspecified atom stereocenters. The van der Waals surface area contributed by atoms with Crippen molar-refractivity contribution >= 4 is 38.5 Å². The van der Waals surface area contributed by atoms with Gasteiger partial charge in [-0.05, 0) is 83.0 Å². The van der Waals surface area contributed by atoms with E-state index in [0.717, 1.165) is 0 Å². The van der Waals surface area contributed by atoms with Crippen molar-refractivity contribution in [1.29, 1.82) is 0 Å². The molecule has 2 aromatic rings. The van der Waals surface area contributed by atoms with Crippen LogP contribution in [0, 0.1) is 9.49 Å². The molecule has 3 rings (SSSR count). The summed E-state index contributed by atoms with van der Waals surface area (Å²) in [6, 6.07) is 17.9. The second kappa shape index (κ2) is 6.61. The van der Waals surface area contributed by atoms with Gasteiger partial charge < -0.3 is 0 Å². The van der Waals surface area contributed by atoms with Gasteiger partial charge in [0.25, 0.3) is 0 Å². The minimum absolute atomic E-state index is 0.487. The van der Waals surface area contributed by atoms with Gasteiger partial charge in [0.1, 0.15) is 0 Å². The van der Waals surface area contributed by atoms with Gasteiger partial charge in [-0.2, -0.15) is 0 Å². The molecule has 0 saturated heterocycles. The van der Waals surface area contributed by atoms with Gasteiger partial charge in [0, 0.05) is 8.40 Å². The van der Waals surface area contributed by atoms with Crippen molar-refractivity contribution in [1.82, 2.24) is 0 Å². The summed E-state index contributed by atoms with van der Waals surface area (Å²) in [5.41, 5.74) is 4.49. The van der Waals surface area contributed by atoms with E-state index in [1.54, 1.807) is 0 Å². The highest BCUT2D eigenvalue weighted by atomic mass is 127. The van der Waals surface area contributed by atoms with Gasteiger partial charge in [-0.3, -0.25) is 0 Å². The molecule has 0 spiro atoms. The maximum Gasteiger partial charge on any atom is 0.0429 e. The molecule has 20 heavy (non-hydrogen) atoms. The Morgan fingerprint density at radius 3 is 2.60 bits per heavy atom. The van der Waals surface area contributed by atoms with E-state index in [-0.39, 0.29) is 0 Å². The summed E-state index contributed by atoms with van der Waals surface area (Å²) in [4.78, 5) is 0.487. The van der Waals surface area contributed by atoms with Crippen LogP contribution in [-0.2, 0) is 12.8 Å². The number of benzene rings is 2. The Kier molecular flexibility index (Phi) is 4.82. The van der Waals surface area contributed by atoms with Crippen molar-refractivity contribution in [3.8, 4) is 0 Å². The lowest BCUT2D eigenvalue weighted by atomic mass is 9.90. The predicted molar refractivity (Wildman–Crippen MR) is 97.4 cm³/mol. The number of hydrogen-bond donors (Lipinski definition) is 0. The summed E-state index contributed by atoms with van der Waals surface area (Å²) < 4.78 is 1.31. The molecule has 0 nitrogen and oxygen atoms in total. The summed E-state index contributed by atoms with van der Waals surface area (Å²) in [5.74, 6) is 0.693. The number of alkyl halides is 1. The van der Waals surface area contributed by atoms with Crippen LogP contribution in [0.2, 0.25) is 0 Å². The molecule has 0 heterocycles. The molecular weight excluding hydrogens is 423 g/mol. The van der Waals surface area contributed by atoms with Crippen molar-refractivity contribution in [2.24, 2.45) is 5.92 Å². The number of halogens is 2. The lowest BCUT2D eigenvalue weighted by Crippen LogP contribution is -2.10. The molecule has 0 aromatic heterocycles. The topological polar surface area (TPSA) is 0 Å². The van der Waals surface area contributed by atoms with Gasteiger partial charge in [-0.1, -0.05) is 52.3 Å². The van der Waals surface area contributed by atoms with Gasteiger partial charge in [-0.15, -0.1) is 0 Å². The molecule has 0 aliphatic heterocycles. The second-order valence-corrected chi connectivity index (χ2v) is 7.82. The van der Waals surface area contributed by atoms with E-state index in [9.17, 15) is 0 Å². The highest BCUT2D eigenvalue weighted by Crippen LogP contribution is 2.40. The van der Waals surface area contributed by atoms with Crippen molar-refractivity contribution in [3.63, 3.8) is 0 Å². The maximum atomic E-state index is 3.97. The Hall–Kier alpha value is -0.350. The highest BCUT2D eigenvalue weighted by Gasteiger charge is 2.25. The van der Waals surface area contributed by atoms with E-state index in [2.05, 4.69) is 87.1 Å². The number of hydrogen-bond acceptors (Lipinski definition) is 0. The first-order valence-electron chi connectivity index (χ1n) is 7.20. The van der Waals surface area contributed by atoms with Gasteiger partial charge in [-0.25, -0.2) is 0 Å². The molecule has 0 amide bonds. The van der Waals surface area contributed by atoms with Crippen LogP contribution >= 0.6 is 38.5 Å². The lowest BCUT2D eigenvalue weighted by molar-refractivity contribution is 0.475. The summed E-state index contributed by atoms with van der Waals surface area (Å²) in [7, 11) is 0. The van der Waals surface area contributed by atoms with E-state index in [0.29, 0.717) is 10.7 Å². The Labute approximate surface area is 143 Å². The first-order chi connectivity index (χ1) is 9.74. The Balaban J connectivity index is 1.82. The monoisotopic (exact) mass is 440 g/mol. The molecule has 1 aliphatic carbocycles. The summed E-state index contributed by atoms with van der Waals surface area (Å²) in [6.45, 7) is 0. The fourth-order valence-electron chi connectivity index (χ4n) is 3.11. The summed E-state index contributed by atoms with van der Waals surface area (Å²) in [6.07, 6.45) is 4.99. The predicted octanol–water partition coefficient (Wildman–Crippen LogP) is 5.92. The Morgan fingerprint density at radius 2 is 1.80 bits per heavy atom. The normalized spacial score (nSPS) is 22.1. The molecule has 2 heteroatoms. The van der Waals surface area contributed by atoms with E-state index in [1.807, 2.05) is 0 Å². The highest BCUT2D eigenvalue weighted by molar-refractivity contribution is 14.1. The zero-order valence-electron chi connectivity index (χ0n) is 11.4. The Morgan fingerprint density at radius 1 is 1.05 bits per heavy atom. The average Bonchev–Trinajstić information content (AvgIpc) is 2.62. The van der Waals surface area contributed by atoms with Crippen LogP contribution in [0.1, 0.15) is 34.4 Å². The first kappa shape index (κ1) is 14.6. The van der Waals surface area contributed by atoms with Crippen molar-refractivity contribution in [2.45, 2.75) is 30.5 Å². The van der Waals surface area contributed by atoms with Gasteiger partial charge in [0.2, 0.25) is 0 Å². The quantitative estimate of drug-likeness (QED) is 0.308. The fraction of sp³-hybridized carbons (Fsp3) is 0.333. The smallest absolute Gasteiger partial charge is 0.0429 e. The van der Waals surface area contributed by atoms with Gasteiger partial charge >= 0.3 is 0 Å². The molecule has 2 atom stereocenters. The van der Waals surface area contributed by atoms with Gasteiger partial charge in [0.05, 0.1) is 0 Å². The van der Waals surface area contributed by atoms with Crippen LogP contribution < -0.4 is 0 Å². The third kappa shape index (κ3) is 3.28. The molecule has 0 fully saturated rings. The summed E-state index contributed by atoms with van der Waals surface area (Å²) >= 11 is 6.34. The van der Waals surface area contributed by atoms with E-state index < -0.39 is 0 Å². The van der Waals surface area contributed by atoms with Gasteiger partial charge in [0.15, 0.2) is 0 Å². The maximum absolute atomic E-state index is 3.97. The van der Waals surface area contributed by atoms with E-state index in [1.165, 1.54) is 45.9 Å². The minimum Gasteiger partial charge on any atom is -0.0836 e. The number of rotatable bonds is 2. The van der Waals surface area contributed by atoms with Crippen molar-refractivity contribution < 1.29 is 0 Å². The fourth-order valence-corrected chi connectivity index (χ4v) is 4.37. The minimum atomic E-state index is 0.487. The second-order valence-electron chi connectivity index (χ2n) is 5.58. The lowest BCUT2D eigenvalue weighted by Gasteiger charge is -2.21. The third-order valence-electron chi connectivity index (χ3n) is 4.20. The largest absolute Gasteiger partial charge is 0.0836 e.